The van der Waals surface area contributed by atoms with Crippen molar-refractivity contribution in [1.82, 2.24) is 5.01 Å². The largest absolute Gasteiger partial charge is 0.399 e. The Kier molecular flexibility index (Phi) is 3.57. The molecule has 0 aromatic heterocycles. The molecule has 0 aliphatic rings. The zero-order valence-corrected chi connectivity index (χ0v) is 9.14. The average molecular weight is 206 g/mol. The third-order valence-corrected chi connectivity index (χ3v) is 2.13. The van der Waals surface area contributed by atoms with Gasteiger partial charge in [-0.2, -0.15) is 0 Å². The van der Waals surface area contributed by atoms with E-state index in [4.69, 9.17) is 17.3 Å². The van der Waals surface area contributed by atoms with Crippen molar-refractivity contribution < 1.29 is 0 Å². The van der Waals surface area contributed by atoms with Crippen LogP contribution in [0.3, 0.4) is 0 Å². The van der Waals surface area contributed by atoms with Gasteiger partial charge in [-0.1, -0.05) is 12.1 Å². The summed E-state index contributed by atoms with van der Waals surface area (Å²) < 4.78 is 0. The van der Waals surface area contributed by atoms with Crippen LogP contribution in [-0.2, 0) is 0 Å². The molecule has 4 nitrogen and oxygen atoms in total. The molecule has 1 aromatic carbocycles. The summed E-state index contributed by atoms with van der Waals surface area (Å²) >= 11 is 0. The molecule has 0 amide bonds. The minimum absolute atomic E-state index is 0.220. The van der Waals surface area contributed by atoms with Crippen LogP contribution in [0.5, 0.6) is 0 Å². The fraction of sp³-hybridized carbons (Fsp3) is 0.273. The Labute approximate surface area is 90.3 Å². The first kappa shape index (κ1) is 11.4. The lowest BCUT2D eigenvalue weighted by Crippen LogP contribution is -2.32. The molecule has 0 bridgehead atoms. The van der Waals surface area contributed by atoms with Crippen molar-refractivity contribution in [3.05, 3.63) is 36.0 Å². The van der Waals surface area contributed by atoms with Gasteiger partial charge in [-0.25, -0.2) is 5.84 Å². The maximum absolute atomic E-state index is 5.88. The molecule has 0 atom stereocenters. The number of hydrogen-bond acceptors (Lipinski definition) is 4. The summed E-state index contributed by atoms with van der Waals surface area (Å²) in [5.41, 5.74) is 13.7. The van der Waals surface area contributed by atoms with Crippen molar-refractivity contribution in [2.45, 2.75) is 19.9 Å². The second-order valence-electron chi connectivity index (χ2n) is 3.75. The summed E-state index contributed by atoms with van der Waals surface area (Å²) in [4.78, 5) is 0. The zero-order valence-electron chi connectivity index (χ0n) is 9.14. The Bertz CT molecular complexity index is 340. The molecule has 0 saturated heterocycles. The van der Waals surface area contributed by atoms with E-state index in [-0.39, 0.29) is 6.04 Å². The van der Waals surface area contributed by atoms with E-state index in [9.17, 15) is 0 Å². The van der Waals surface area contributed by atoms with Crippen LogP contribution < -0.4 is 17.3 Å². The molecule has 15 heavy (non-hydrogen) atoms. The summed E-state index contributed by atoms with van der Waals surface area (Å²) in [5.74, 6) is 5.74. The van der Waals surface area contributed by atoms with Crippen LogP contribution in [0.4, 0.5) is 5.69 Å². The van der Waals surface area contributed by atoms with Crippen LogP contribution in [-0.4, -0.2) is 11.1 Å². The molecule has 1 aromatic rings. The van der Waals surface area contributed by atoms with Crippen LogP contribution in [0.1, 0.15) is 19.4 Å². The smallest absolute Gasteiger partial charge is 0.0564 e. The summed E-state index contributed by atoms with van der Waals surface area (Å²) in [7, 11) is 0. The van der Waals surface area contributed by atoms with Crippen molar-refractivity contribution in [1.29, 1.82) is 0 Å². The highest BCUT2D eigenvalue weighted by Gasteiger charge is 2.01. The van der Waals surface area contributed by atoms with Gasteiger partial charge in [-0.3, -0.25) is 0 Å². The Balaban J connectivity index is 2.84. The molecule has 0 unspecified atom stereocenters. The predicted molar refractivity (Wildman–Crippen MR) is 64.2 cm³/mol. The van der Waals surface area contributed by atoms with Gasteiger partial charge < -0.3 is 16.5 Å². The SMILES string of the molecule is CC(C)N(N)/C=C(\N)c1ccc(N)cc1. The molecule has 82 valence electrons. The normalized spacial score (nSPS) is 11.9. The van der Waals surface area contributed by atoms with Gasteiger partial charge >= 0.3 is 0 Å². The Hall–Kier alpha value is -1.68. The molecule has 0 fully saturated rings. The lowest BCUT2D eigenvalue weighted by atomic mass is 10.1. The number of benzene rings is 1. The summed E-state index contributed by atoms with van der Waals surface area (Å²) in [6.45, 7) is 3.99. The highest BCUT2D eigenvalue weighted by atomic mass is 15.4. The van der Waals surface area contributed by atoms with Crippen molar-refractivity contribution >= 4 is 11.4 Å². The van der Waals surface area contributed by atoms with Crippen LogP contribution in [0.25, 0.3) is 5.70 Å². The fourth-order valence-corrected chi connectivity index (χ4v) is 1.06. The molecular weight excluding hydrogens is 188 g/mol. The molecule has 1 rings (SSSR count). The Morgan fingerprint density at radius 3 is 2.27 bits per heavy atom. The number of hydrogen-bond donors (Lipinski definition) is 3. The zero-order chi connectivity index (χ0) is 11.4. The van der Waals surface area contributed by atoms with Crippen molar-refractivity contribution in [3.63, 3.8) is 0 Å². The van der Waals surface area contributed by atoms with E-state index in [2.05, 4.69) is 0 Å². The lowest BCUT2D eigenvalue weighted by molar-refractivity contribution is 0.324. The monoisotopic (exact) mass is 206 g/mol. The standard InChI is InChI=1S/C11H18N4/c1-8(2)15(14)7-11(13)9-3-5-10(12)6-4-9/h3-8H,12-14H2,1-2H3/b11-7-. The predicted octanol–water partition coefficient (Wildman–Crippen LogP) is 1.11. The Morgan fingerprint density at radius 2 is 1.80 bits per heavy atom. The number of nitrogen functional groups attached to an aromatic ring is 1. The number of nitrogens with zero attached hydrogens (tertiary/aromatic N) is 1. The van der Waals surface area contributed by atoms with Gasteiger partial charge in [0.25, 0.3) is 0 Å². The van der Waals surface area contributed by atoms with E-state index in [1.165, 1.54) is 0 Å². The van der Waals surface area contributed by atoms with E-state index in [0.29, 0.717) is 5.70 Å². The highest BCUT2D eigenvalue weighted by molar-refractivity contribution is 5.63. The lowest BCUT2D eigenvalue weighted by Gasteiger charge is -2.19. The summed E-state index contributed by atoms with van der Waals surface area (Å²) in [6.07, 6.45) is 1.72. The second kappa shape index (κ2) is 4.70. The van der Waals surface area contributed by atoms with Gasteiger partial charge in [-0.05, 0) is 31.5 Å². The van der Waals surface area contributed by atoms with Gasteiger partial charge in [0.05, 0.1) is 5.70 Å². The van der Waals surface area contributed by atoms with Crippen molar-refractivity contribution in [3.8, 4) is 0 Å². The molecule has 6 N–H and O–H groups in total. The average Bonchev–Trinajstić information content (AvgIpc) is 2.18. The molecule has 4 heteroatoms. The second-order valence-corrected chi connectivity index (χ2v) is 3.75. The van der Waals surface area contributed by atoms with E-state index in [0.717, 1.165) is 11.3 Å². The van der Waals surface area contributed by atoms with Crippen LogP contribution in [0, 0.1) is 0 Å². The minimum Gasteiger partial charge on any atom is -0.399 e. The van der Waals surface area contributed by atoms with E-state index in [1.807, 2.05) is 38.1 Å². The van der Waals surface area contributed by atoms with Gasteiger partial charge in [-0.15, -0.1) is 0 Å². The van der Waals surface area contributed by atoms with Crippen LogP contribution in [0.2, 0.25) is 0 Å². The van der Waals surface area contributed by atoms with Gasteiger partial charge in [0.1, 0.15) is 0 Å². The molecule has 0 spiro atoms. The molecule has 0 radical (unpaired) electrons. The first-order valence-electron chi connectivity index (χ1n) is 4.87. The summed E-state index contributed by atoms with van der Waals surface area (Å²) in [5, 5.41) is 1.58. The molecule has 0 aliphatic carbocycles. The van der Waals surface area contributed by atoms with Gasteiger partial charge in [0.15, 0.2) is 0 Å². The first-order chi connectivity index (χ1) is 7.00. The van der Waals surface area contributed by atoms with E-state index < -0.39 is 0 Å². The number of nitrogens with two attached hydrogens (primary N) is 3. The number of hydrazine groups is 1. The molecule has 0 heterocycles. The maximum Gasteiger partial charge on any atom is 0.0564 e. The van der Waals surface area contributed by atoms with Crippen molar-refractivity contribution in [2.24, 2.45) is 11.6 Å². The third kappa shape index (κ3) is 3.18. The van der Waals surface area contributed by atoms with Gasteiger partial charge in [0, 0.05) is 17.9 Å². The highest BCUT2D eigenvalue weighted by Crippen LogP contribution is 2.12. The third-order valence-electron chi connectivity index (χ3n) is 2.13. The number of rotatable bonds is 3. The van der Waals surface area contributed by atoms with E-state index in [1.54, 1.807) is 11.2 Å². The molecule has 0 aliphatic heterocycles. The first-order valence-corrected chi connectivity index (χ1v) is 4.87. The molecular formula is C11H18N4. The van der Waals surface area contributed by atoms with E-state index >= 15 is 0 Å². The quantitative estimate of drug-likeness (QED) is 0.393. The topological polar surface area (TPSA) is 81.3 Å². The molecule has 0 saturated carbocycles. The number of anilines is 1. The fourth-order valence-electron chi connectivity index (χ4n) is 1.06. The van der Waals surface area contributed by atoms with Gasteiger partial charge in [0.2, 0.25) is 0 Å². The van der Waals surface area contributed by atoms with Crippen LogP contribution >= 0.6 is 0 Å². The van der Waals surface area contributed by atoms with Crippen LogP contribution in [0.15, 0.2) is 30.5 Å². The maximum atomic E-state index is 5.88. The van der Waals surface area contributed by atoms with Crippen molar-refractivity contribution in [2.75, 3.05) is 5.73 Å². The minimum atomic E-state index is 0.220. The Morgan fingerprint density at radius 1 is 1.27 bits per heavy atom. The summed E-state index contributed by atoms with van der Waals surface area (Å²) in [6, 6.07) is 7.58.